The normalized spacial score (nSPS) is 16.7. The number of hydrogen-bond donors (Lipinski definition) is 1. The van der Waals surface area contributed by atoms with Crippen LogP contribution >= 0.6 is 0 Å². The van der Waals surface area contributed by atoms with E-state index in [4.69, 9.17) is 9.47 Å². The minimum absolute atomic E-state index is 0.0251. The van der Waals surface area contributed by atoms with Crippen LogP contribution in [-0.4, -0.2) is 39.9 Å². The molecule has 1 atom stereocenters. The first-order valence-corrected chi connectivity index (χ1v) is 11.8. The van der Waals surface area contributed by atoms with E-state index in [0.717, 1.165) is 12.0 Å². The van der Waals surface area contributed by atoms with E-state index in [1.807, 2.05) is 13.0 Å². The van der Waals surface area contributed by atoms with Crippen molar-refractivity contribution in [2.75, 3.05) is 13.2 Å². The smallest absolute Gasteiger partial charge is 0.295 e. The lowest BCUT2D eigenvalue weighted by atomic mass is 9.95. The van der Waals surface area contributed by atoms with Crippen molar-refractivity contribution in [1.82, 2.24) is 9.88 Å². The van der Waals surface area contributed by atoms with Gasteiger partial charge in [0.15, 0.2) is 0 Å². The number of aliphatic hydroxyl groups excluding tert-OH is 1. The quantitative estimate of drug-likeness (QED) is 0.187. The van der Waals surface area contributed by atoms with Crippen LogP contribution in [0.15, 0.2) is 91.3 Å². The van der Waals surface area contributed by atoms with Crippen LogP contribution in [0.5, 0.6) is 11.5 Å². The number of amides is 1. The molecule has 1 saturated heterocycles. The minimum Gasteiger partial charge on any atom is -0.507 e. The summed E-state index contributed by atoms with van der Waals surface area (Å²) in [6.45, 7) is 6.75. The number of rotatable bonds is 10. The van der Waals surface area contributed by atoms with Crippen molar-refractivity contribution in [2.45, 2.75) is 25.9 Å². The van der Waals surface area contributed by atoms with Crippen molar-refractivity contribution < 1.29 is 24.2 Å². The van der Waals surface area contributed by atoms with Crippen molar-refractivity contribution in [1.29, 1.82) is 0 Å². The van der Waals surface area contributed by atoms with Crippen molar-refractivity contribution >= 4 is 17.4 Å². The SMILES string of the molecule is C=CCOc1cccc([C@@H]2C(=C(O)c3ccc(OCCC)cc3)C(=O)C(=O)N2Cc2ccncc2)c1. The Morgan fingerprint density at radius 3 is 2.50 bits per heavy atom. The number of pyridine rings is 1. The fourth-order valence-electron chi connectivity index (χ4n) is 4.09. The molecule has 1 N–H and O–H groups in total. The maximum atomic E-state index is 13.3. The second-order valence-corrected chi connectivity index (χ2v) is 8.33. The highest BCUT2D eigenvalue weighted by Crippen LogP contribution is 2.41. The van der Waals surface area contributed by atoms with Crippen LogP contribution in [0.1, 0.15) is 36.1 Å². The molecule has 4 rings (SSSR count). The molecular formula is C29H28N2O5. The fourth-order valence-corrected chi connectivity index (χ4v) is 4.09. The molecule has 0 saturated carbocycles. The molecule has 0 bridgehead atoms. The van der Waals surface area contributed by atoms with E-state index in [1.165, 1.54) is 4.90 Å². The molecule has 0 radical (unpaired) electrons. The van der Waals surface area contributed by atoms with Crippen molar-refractivity contribution in [3.63, 3.8) is 0 Å². The molecule has 1 aliphatic rings. The number of hydrogen-bond acceptors (Lipinski definition) is 6. The first-order valence-electron chi connectivity index (χ1n) is 11.8. The molecule has 1 aliphatic heterocycles. The van der Waals surface area contributed by atoms with Gasteiger partial charge in [-0.15, -0.1) is 0 Å². The predicted octanol–water partition coefficient (Wildman–Crippen LogP) is 5.06. The Kier molecular flexibility index (Phi) is 7.80. The Balaban J connectivity index is 1.79. The third kappa shape index (κ3) is 5.30. The Morgan fingerprint density at radius 1 is 1.06 bits per heavy atom. The summed E-state index contributed by atoms with van der Waals surface area (Å²) in [5.41, 5.74) is 1.91. The van der Waals surface area contributed by atoms with Crippen LogP contribution in [0, 0.1) is 0 Å². The van der Waals surface area contributed by atoms with Gasteiger partial charge < -0.3 is 19.5 Å². The fraction of sp³-hybridized carbons (Fsp3) is 0.207. The second-order valence-electron chi connectivity index (χ2n) is 8.33. The summed E-state index contributed by atoms with van der Waals surface area (Å²) in [5.74, 6) is -0.432. The highest BCUT2D eigenvalue weighted by atomic mass is 16.5. The largest absolute Gasteiger partial charge is 0.507 e. The Labute approximate surface area is 210 Å². The number of Topliss-reactive ketones (excluding diaryl/α,β-unsaturated/α-hetero) is 1. The van der Waals surface area contributed by atoms with Crippen LogP contribution < -0.4 is 9.47 Å². The summed E-state index contributed by atoms with van der Waals surface area (Å²) in [6, 6.07) is 16.8. The average Bonchev–Trinajstić information content (AvgIpc) is 3.16. The number of carbonyl (C=O) groups excluding carboxylic acids is 2. The highest BCUT2D eigenvalue weighted by Gasteiger charge is 2.46. The molecule has 7 heteroatoms. The van der Waals surface area contributed by atoms with E-state index in [0.29, 0.717) is 35.8 Å². The zero-order chi connectivity index (χ0) is 25.5. The Hall–Kier alpha value is -4.39. The number of carbonyl (C=O) groups is 2. The monoisotopic (exact) mass is 484 g/mol. The molecule has 1 amide bonds. The number of ketones is 1. The van der Waals surface area contributed by atoms with Crippen molar-refractivity contribution in [2.24, 2.45) is 0 Å². The summed E-state index contributed by atoms with van der Waals surface area (Å²) < 4.78 is 11.3. The first-order chi connectivity index (χ1) is 17.5. The molecule has 3 aromatic rings. The van der Waals surface area contributed by atoms with E-state index in [9.17, 15) is 14.7 Å². The molecule has 7 nitrogen and oxygen atoms in total. The van der Waals surface area contributed by atoms with E-state index in [1.54, 1.807) is 73.1 Å². The number of nitrogens with zero attached hydrogens (tertiary/aromatic N) is 2. The van der Waals surface area contributed by atoms with E-state index < -0.39 is 17.7 Å². The second kappa shape index (κ2) is 11.4. The van der Waals surface area contributed by atoms with Gasteiger partial charge in [0.1, 0.15) is 23.9 Å². The first kappa shape index (κ1) is 24.7. The van der Waals surface area contributed by atoms with Crippen LogP contribution in [0.25, 0.3) is 5.76 Å². The molecule has 0 aliphatic carbocycles. The van der Waals surface area contributed by atoms with E-state index >= 15 is 0 Å². The number of benzene rings is 2. The van der Waals surface area contributed by atoms with Gasteiger partial charge in [0.25, 0.3) is 11.7 Å². The van der Waals surface area contributed by atoms with Crippen molar-refractivity contribution in [3.8, 4) is 11.5 Å². The topological polar surface area (TPSA) is 89.0 Å². The van der Waals surface area contributed by atoms with E-state index in [-0.39, 0.29) is 17.9 Å². The lowest BCUT2D eigenvalue weighted by Crippen LogP contribution is -2.29. The lowest BCUT2D eigenvalue weighted by Gasteiger charge is -2.25. The average molecular weight is 485 g/mol. The molecule has 1 fully saturated rings. The van der Waals surface area contributed by atoms with Gasteiger partial charge in [-0.25, -0.2) is 0 Å². The van der Waals surface area contributed by atoms with Gasteiger partial charge in [0, 0.05) is 24.5 Å². The predicted molar refractivity (Wildman–Crippen MR) is 136 cm³/mol. The Morgan fingerprint density at radius 2 is 1.81 bits per heavy atom. The molecule has 0 unspecified atom stereocenters. The van der Waals surface area contributed by atoms with Gasteiger partial charge in [-0.05, 0) is 66.1 Å². The Bertz CT molecular complexity index is 1270. The lowest BCUT2D eigenvalue weighted by molar-refractivity contribution is -0.140. The third-order valence-corrected chi connectivity index (χ3v) is 5.78. The van der Waals surface area contributed by atoms with Gasteiger partial charge >= 0.3 is 0 Å². The van der Waals surface area contributed by atoms with Gasteiger partial charge in [0.05, 0.1) is 18.2 Å². The van der Waals surface area contributed by atoms with Gasteiger partial charge in [-0.2, -0.15) is 0 Å². The summed E-state index contributed by atoms with van der Waals surface area (Å²) >= 11 is 0. The van der Waals surface area contributed by atoms with Crippen LogP contribution in [0.4, 0.5) is 0 Å². The van der Waals surface area contributed by atoms with E-state index in [2.05, 4.69) is 11.6 Å². The molecule has 2 aromatic carbocycles. The zero-order valence-electron chi connectivity index (χ0n) is 20.1. The highest BCUT2D eigenvalue weighted by molar-refractivity contribution is 6.46. The summed E-state index contributed by atoms with van der Waals surface area (Å²) in [5, 5.41) is 11.3. The number of aromatic nitrogens is 1. The minimum atomic E-state index is -0.804. The number of aliphatic hydroxyl groups is 1. The zero-order valence-corrected chi connectivity index (χ0v) is 20.1. The molecule has 36 heavy (non-hydrogen) atoms. The summed E-state index contributed by atoms with van der Waals surface area (Å²) in [6.07, 6.45) is 5.77. The molecular weight excluding hydrogens is 456 g/mol. The maximum Gasteiger partial charge on any atom is 0.295 e. The molecule has 0 spiro atoms. The van der Waals surface area contributed by atoms with Crippen LogP contribution in [0.2, 0.25) is 0 Å². The standard InChI is InChI=1S/C29H28N2O5/c1-3-16-35-23-10-8-21(9-11-23)27(32)25-26(22-6-5-7-24(18-22)36-17-4-2)31(29(34)28(25)33)19-20-12-14-30-15-13-20/h4-15,18,26,32H,2-3,16-17,19H2,1H3/t26-/m1/s1. The maximum absolute atomic E-state index is 13.3. The molecule has 1 aromatic heterocycles. The summed E-state index contributed by atoms with van der Waals surface area (Å²) in [7, 11) is 0. The van der Waals surface area contributed by atoms with Gasteiger partial charge in [-0.3, -0.25) is 14.6 Å². The molecule has 2 heterocycles. The summed E-state index contributed by atoms with van der Waals surface area (Å²) in [4.78, 5) is 32.0. The third-order valence-electron chi connectivity index (χ3n) is 5.78. The number of ether oxygens (including phenoxy) is 2. The molecule has 184 valence electrons. The number of likely N-dealkylation sites (tertiary alicyclic amines) is 1. The van der Waals surface area contributed by atoms with Gasteiger partial charge in [0.2, 0.25) is 0 Å². The van der Waals surface area contributed by atoms with Crippen LogP contribution in [0.3, 0.4) is 0 Å². The van der Waals surface area contributed by atoms with Gasteiger partial charge in [-0.1, -0.05) is 31.7 Å². The van der Waals surface area contributed by atoms with Crippen molar-refractivity contribution in [3.05, 3.63) is 108 Å². The van der Waals surface area contributed by atoms with Crippen LogP contribution in [-0.2, 0) is 16.1 Å².